The summed E-state index contributed by atoms with van der Waals surface area (Å²) in [4.78, 5) is 24.3. The van der Waals surface area contributed by atoms with Gasteiger partial charge in [-0.25, -0.2) is 4.39 Å². The zero-order valence-corrected chi connectivity index (χ0v) is 16.2. The molecule has 4 nitrogen and oxygen atoms in total. The SMILES string of the molecule is C[C@@H]1CC2C3C[C@H](F)C4=CC(=O)C=CC4(C)C3[C@@H](O)C[C@]2(C)[C@H]1C(=O)CO. The van der Waals surface area contributed by atoms with Gasteiger partial charge in [-0.1, -0.05) is 26.8 Å². The van der Waals surface area contributed by atoms with Gasteiger partial charge >= 0.3 is 0 Å². The van der Waals surface area contributed by atoms with Crippen molar-refractivity contribution in [3.8, 4) is 0 Å². The minimum absolute atomic E-state index is 0.0484. The van der Waals surface area contributed by atoms with Crippen LogP contribution < -0.4 is 0 Å². The summed E-state index contributed by atoms with van der Waals surface area (Å²) < 4.78 is 15.2. The molecular weight excluding hydrogens is 347 g/mol. The first-order valence-electron chi connectivity index (χ1n) is 10.0. The van der Waals surface area contributed by atoms with Gasteiger partial charge in [0.25, 0.3) is 0 Å². The van der Waals surface area contributed by atoms with Crippen LogP contribution in [0.5, 0.6) is 0 Å². The normalized spacial score (nSPS) is 51.3. The topological polar surface area (TPSA) is 74.6 Å². The largest absolute Gasteiger partial charge is 0.393 e. The van der Waals surface area contributed by atoms with Crippen LogP contribution in [0.1, 0.15) is 40.0 Å². The van der Waals surface area contributed by atoms with E-state index < -0.39 is 29.7 Å². The predicted octanol–water partition coefficient (Wildman–Crippen LogP) is 2.64. The molecule has 0 aromatic carbocycles. The van der Waals surface area contributed by atoms with Crippen LogP contribution in [0.4, 0.5) is 4.39 Å². The van der Waals surface area contributed by atoms with E-state index in [2.05, 4.69) is 0 Å². The standard InChI is InChI=1S/C22H29FO4/c1-11-6-14-13-8-16(23)15-7-12(25)4-5-21(15,2)20(13)17(26)9-22(14,3)19(11)18(27)10-24/h4-5,7,11,13-14,16-17,19-20,24,26H,6,8-10H2,1-3H3/t11-,13?,14?,16+,17+,19-,20?,21?,22+/m1/s1. The lowest BCUT2D eigenvalue weighted by atomic mass is 9.46. The van der Waals surface area contributed by atoms with Crippen LogP contribution in [0.15, 0.2) is 23.8 Å². The van der Waals surface area contributed by atoms with E-state index in [1.165, 1.54) is 12.2 Å². The van der Waals surface area contributed by atoms with E-state index in [0.29, 0.717) is 12.0 Å². The molecule has 2 N–H and O–H groups in total. The number of carbonyl (C=O) groups excluding carboxylic acids is 2. The molecule has 0 spiro atoms. The Hall–Kier alpha value is -1.33. The summed E-state index contributed by atoms with van der Waals surface area (Å²) in [6, 6.07) is 0. The lowest BCUT2D eigenvalue weighted by molar-refractivity contribution is -0.144. The number of aliphatic hydroxyl groups is 2. The van der Waals surface area contributed by atoms with E-state index in [0.717, 1.165) is 6.42 Å². The maximum Gasteiger partial charge on any atom is 0.178 e. The summed E-state index contributed by atoms with van der Waals surface area (Å²) in [5.41, 5.74) is -0.599. The molecule has 4 unspecified atom stereocenters. The van der Waals surface area contributed by atoms with Crippen LogP contribution in [0.25, 0.3) is 0 Å². The van der Waals surface area contributed by atoms with Crippen molar-refractivity contribution in [1.82, 2.24) is 0 Å². The minimum atomic E-state index is -1.21. The Morgan fingerprint density at radius 3 is 2.70 bits per heavy atom. The van der Waals surface area contributed by atoms with Gasteiger partial charge in [0.2, 0.25) is 0 Å². The molecule has 5 heteroatoms. The first kappa shape index (κ1) is 19.0. The smallest absolute Gasteiger partial charge is 0.178 e. The highest BCUT2D eigenvalue weighted by Gasteiger charge is 2.65. The van der Waals surface area contributed by atoms with Crippen molar-refractivity contribution in [1.29, 1.82) is 0 Å². The van der Waals surface area contributed by atoms with Gasteiger partial charge in [-0.15, -0.1) is 0 Å². The maximum absolute atomic E-state index is 15.2. The average molecular weight is 376 g/mol. The van der Waals surface area contributed by atoms with E-state index in [1.807, 2.05) is 20.8 Å². The number of halogens is 1. The summed E-state index contributed by atoms with van der Waals surface area (Å²) in [5.74, 6) is -0.626. The number of fused-ring (bicyclic) bond motifs is 5. The van der Waals surface area contributed by atoms with Crippen molar-refractivity contribution in [3.63, 3.8) is 0 Å². The van der Waals surface area contributed by atoms with Gasteiger partial charge in [-0.3, -0.25) is 9.59 Å². The first-order valence-corrected chi connectivity index (χ1v) is 10.0. The number of Topliss-reactive ketones (excluding diaryl/α,β-unsaturated/α-hetero) is 1. The van der Waals surface area contributed by atoms with E-state index in [1.54, 1.807) is 6.08 Å². The average Bonchev–Trinajstić information content (AvgIpc) is 2.85. The molecule has 0 bridgehead atoms. The number of alkyl halides is 1. The Morgan fingerprint density at radius 2 is 2.04 bits per heavy atom. The summed E-state index contributed by atoms with van der Waals surface area (Å²) in [7, 11) is 0. The highest BCUT2D eigenvalue weighted by Crippen LogP contribution is 2.67. The monoisotopic (exact) mass is 376 g/mol. The van der Waals surface area contributed by atoms with Crippen molar-refractivity contribution in [3.05, 3.63) is 23.8 Å². The van der Waals surface area contributed by atoms with Crippen molar-refractivity contribution in [2.24, 2.45) is 40.4 Å². The second kappa shape index (κ2) is 6.08. The van der Waals surface area contributed by atoms with Crippen molar-refractivity contribution >= 4 is 11.6 Å². The van der Waals surface area contributed by atoms with Gasteiger partial charge in [-0.05, 0) is 60.2 Å². The van der Waals surface area contributed by atoms with Gasteiger partial charge in [0.1, 0.15) is 12.8 Å². The van der Waals surface area contributed by atoms with E-state index >= 15 is 4.39 Å². The number of rotatable bonds is 2. The van der Waals surface area contributed by atoms with Gasteiger partial charge in [0.05, 0.1) is 6.10 Å². The van der Waals surface area contributed by atoms with Crippen LogP contribution in [-0.4, -0.2) is 40.7 Å². The van der Waals surface area contributed by atoms with Crippen molar-refractivity contribution in [2.45, 2.75) is 52.3 Å². The number of hydrogen-bond acceptors (Lipinski definition) is 4. The Balaban J connectivity index is 1.77. The fourth-order valence-corrected chi connectivity index (χ4v) is 7.49. The molecule has 0 aromatic rings. The molecule has 4 rings (SSSR count). The number of carbonyl (C=O) groups is 2. The van der Waals surface area contributed by atoms with Gasteiger partial charge < -0.3 is 10.2 Å². The van der Waals surface area contributed by atoms with Gasteiger partial charge in [0.15, 0.2) is 11.6 Å². The van der Waals surface area contributed by atoms with E-state index in [-0.39, 0.29) is 47.6 Å². The fraction of sp³-hybridized carbons (Fsp3) is 0.727. The zero-order chi connectivity index (χ0) is 19.7. The number of allylic oxidation sites excluding steroid dienone is 4. The molecule has 0 radical (unpaired) electrons. The molecule has 0 heterocycles. The lowest BCUT2D eigenvalue weighted by Gasteiger charge is -2.59. The molecule has 0 aromatic heterocycles. The Kier molecular flexibility index (Phi) is 4.28. The summed E-state index contributed by atoms with van der Waals surface area (Å²) in [6.07, 6.45) is 4.39. The second-order valence-corrected chi connectivity index (χ2v) is 9.71. The minimum Gasteiger partial charge on any atom is -0.393 e. The molecule has 0 amide bonds. The van der Waals surface area contributed by atoms with Crippen LogP contribution in [-0.2, 0) is 9.59 Å². The zero-order valence-electron chi connectivity index (χ0n) is 16.2. The summed E-state index contributed by atoms with van der Waals surface area (Å²) >= 11 is 0. The molecule has 3 saturated carbocycles. The molecule has 4 aliphatic rings. The molecule has 4 aliphatic carbocycles. The highest BCUT2D eigenvalue weighted by atomic mass is 19.1. The molecule has 148 valence electrons. The van der Waals surface area contributed by atoms with Crippen LogP contribution in [0.2, 0.25) is 0 Å². The molecule has 0 aliphatic heterocycles. The number of hydrogen-bond donors (Lipinski definition) is 2. The van der Waals surface area contributed by atoms with Crippen molar-refractivity contribution < 1.29 is 24.2 Å². The third-order valence-corrected chi connectivity index (χ3v) is 8.32. The molecule has 9 atom stereocenters. The molecular formula is C22H29FO4. The first-order chi connectivity index (χ1) is 12.6. The maximum atomic E-state index is 15.2. The van der Waals surface area contributed by atoms with E-state index in [9.17, 15) is 19.8 Å². The third-order valence-electron chi connectivity index (χ3n) is 8.32. The van der Waals surface area contributed by atoms with Crippen molar-refractivity contribution in [2.75, 3.05) is 6.61 Å². The lowest BCUT2D eigenvalue weighted by Crippen LogP contribution is -2.58. The van der Waals surface area contributed by atoms with Crippen LogP contribution in [0.3, 0.4) is 0 Å². The van der Waals surface area contributed by atoms with Gasteiger partial charge in [0, 0.05) is 17.3 Å². The number of ketones is 2. The van der Waals surface area contributed by atoms with Crippen LogP contribution in [0, 0.1) is 40.4 Å². The Labute approximate surface area is 159 Å². The van der Waals surface area contributed by atoms with Crippen LogP contribution >= 0.6 is 0 Å². The van der Waals surface area contributed by atoms with E-state index in [4.69, 9.17) is 0 Å². The summed E-state index contributed by atoms with van der Waals surface area (Å²) in [5, 5.41) is 20.6. The predicted molar refractivity (Wildman–Crippen MR) is 98.4 cm³/mol. The number of aliphatic hydroxyl groups excluding tert-OH is 2. The second-order valence-electron chi connectivity index (χ2n) is 9.71. The molecule has 3 fully saturated rings. The fourth-order valence-electron chi connectivity index (χ4n) is 7.49. The Morgan fingerprint density at radius 1 is 1.33 bits per heavy atom. The van der Waals surface area contributed by atoms with Gasteiger partial charge in [-0.2, -0.15) is 0 Å². The molecule has 27 heavy (non-hydrogen) atoms. The highest BCUT2D eigenvalue weighted by molar-refractivity contribution is 6.01. The Bertz CT molecular complexity index is 743. The summed E-state index contributed by atoms with van der Waals surface area (Å²) in [6.45, 7) is 5.53. The molecule has 0 saturated heterocycles. The quantitative estimate of drug-likeness (QED) is 0.777. The third kappa shape index (κ3) is 2.47.